The zero-order chi connectivity index (χ0) is 20.5. The fraction of sp³-hybridized carbons (Fsp3) is 0.409. The van der Waals surface area contributed by atoms with Crippen LogP contribution >= 0.6 is 24.0 Å². The summed E-state index contributed by atoms with van der Waals surface area (Å²) in [6, 6.07) is 10.5. The molecule has 3 aromatic rings. The molecule has 0 fully saturated rings. The Hall–Kier alpha value is -2.36. The maximum Gasteiger partial charge on any atom is 0.191 e. The molecular formula is C22H32IN7. The zero-order valence-electron chi connectivity index (χ0n) is 18.0. The smallest absolute Gasteiger partial charge is 0.191 e. The van der Waals surface area contributed by atoms with Crippen LogP contribution in [0.5, 0.6) is 0 Å². The van der Waals surface area contributed by atoms with Gasteiger partial charge in [-0.05, 0) is 57.4 Å². The van der Waals surface area contributed by atoms with Crippen molar-refractivity contribution in [2.75, 3.05) is 13.1 Å². The van der Waals surface area contributed by atoms with Crippen LogP contribution in [0, 0.1) is 6.92 Å². The molecule has 0 amide bonds. The highest BCUT2D eigenvalue weighted by atomic mass is 127. The number of nitrogens with zero attached hydrogens (tertiary/aromatic N) is 5. The standard InChI is InChI=1S/C22H31N7.HI/c1-4-23-22(25-11-5-6-14-28-16-13-24-19(28)3)27-18(2)20-9-7-10-21(17-20)29-15-8-12-26-29;/h7-10,12-13,15-18H,4-6,11,14H2,1-3H3,(H2,23,25,27);1H. The number of aryl methyl sites for hydroxylation is 2. The Labute approximate surface area is 196 Å². The molecule has 7 nitrogen and oxygen atoms in total. The molecule has 0 aliphatic heterocycles. The van der Waals surface area contributed by atoms with Gasteiger partial charge < -0.3 is 15.2 Å². The third-order valence-corrected chi connectivity index (χ3v) is 4.84. The molecule has 30 heavy (non-hydrogen) atoms. The Balaban J connectivity index is 0.00000320. The molecule has 1 atom stereocenters. The molecule has 162 valence electrons. The molecule has 0 bridgehead atoms. The van der Waals surface area contributed by atoms with Gasteiger partial charge in [0.05, 0.1) is 11.7 Å². The second-order valence-electron chi connectivity index (χ2n) is 7.05. The van der Waals surface area contributed by atoms with Crippen molar-refractivity contribution in [1.82, 2.24) is 30.0 Å². The summed E-state index contributed by atoms with van der Waals surface area (Å²) in [5, 5.41) is 11.2. The van der Waals surface area contributed by atoms with E-state index in [0.717, 1.165) is 49.9 Å². The molecule has 0 aliphatic carbocycles. The Kier molecular flexibility index (Phi) is 9.85. The number of imidazole rings is 1. The van der Waals surface area contributed by atoms with Crippen LogP contribution in [-0.4, -0.2) is 38.4 Å². The average Bonchev–Trinajstić information content (AvgIpc) is 3.40. The lowest BCUT2D eigenvalue weighted by Crippen LogP contribution is -2.38. The van der Waals surface area contributed by atoms with Crippen molar-refractivity contribution in [2.45, 2.75) is 46.2 Å². The monoisotopic (exact) mass is 521 g/mol. The van der Waals surface area contributed by atoms with E-state index < -0.39 is 0 Å². The first-order valence-electron chi connectivity index (χ1n) is 10.3. The summed E-state index contributed by atoms with van der Waals surface area (Å²) >= 11 is 0. The topological polar surface area (TPSA) is 72.1 Å². The first kappa shape index (κ1) is 23.9. The maximum absolute atomic E-state index is 4.74. The molecule has 1 aromatic carbocycles. The van der Waals surface area contributed by atoms with Crippen LogP contribution < -0.4 is 10.6 Å². The van der Waals surface area contributed by atoms with Crippen LogP contribution in [0.4, 0.5) is 0 Å². The van der Waals surface area contributed by atoms with Crippen molar-refractivity contribution in [3.05, 3.63) is 66.5 Å². The minimum absolute atomic E-state index is 0. The van der Waals surface area contributed by atoms with E-state index in [1.165, 1.54) is 5.56 Å². The Morgan fingerprint density at radius 3 is 2.73 bits per heavy atom. The van der Waals surface area contributed by atoms with Crippen molar-refractivity contribution >= 4 is 29.9 Å². The van der Waals surface area contributed by atoms with Gasteiger partial charge in [0.1, 0.15) is 5.82 Å². The van der Waals surface area contributed by atoms with E-state index in [1.54, 1.807) is 6.20 Å². The van der Waals surface area contributed by atoms with Crippen LogP contribution in [-0.2, 0) is 6.54 Å². The number of nitrogens with one attached hydrogen (secondary N) is 2. The molecule has 0 radical (unpaired) electrons. The normalized spacial score (nSPS) is 12.3. The SMILES string of the molecule is CCNC(=NCCCCn1ccnc1C)NC(C)c1cccc(-n2cccn2)c1.I. The van der Waals surface area contributed by atoms with Crippen molar-refractivity contribution < 1.29 is 0 Å². The predicted molar refractivity (Wildman–Crippen MR) is 133 cm³/mol. The molecule has 1 unspecified atom stereocenters. The molecule has 0 saturated carbocycles. The van der Waals surface area contributed by atoms with E-state index in [1.807, 2.05) is 36.3 Å². The third kappa shape index (κ3) is 6.86. The van der Waals surface area contributed by atoms with Crippen LogP contribution in [0.1, 0.15) is 44.1 Å². The van der Waals surface area contributed by atoms with Crippen molar-refractivity contribution in [3.63, 3.8) is 0 Å². The summed E-state index contributed by atoms with van der Waals surface area (Å²) in [4.78, 5) is 9.01. The lowest BCUT2D eigenvalue weighted by Gasteiger charge is -2.19. The van der Waals surface area contributed by atoms with E-state index >= 15 is 0 Å². The van der Waals surface area contributed by atoms with Crippen molar-refractivity contribution in [1.29, 1.82) is 0 Å². The van der Waals surface area contributed by atoms with E-state index in [4.69, 9.17) is 4.99 Å². The van der Waals surface area contributed by atoms with E-state index in [2.05, 4.69) is 63.4 Å². The van der Waals surface area contributed by atoms with E-state index in [-0.39, 0.29) is 30.0 Å². The Bertz CT molecular complexity index is 902. The van der Waals surface area contributed by atoms with Crippen LogP contribution in [0.15, 0.2) is 60.1 Å². The van der Waals surface area contributed by atoms with Gasteiger partial charge in [-0.1, -0.05) is 12.1 Å². The van der Waals surface area contributed by atoms with Gasteiger partial charge in [0, 0.05) is 44.4 Å². The quantitative estimate of drug-likeness (QED) is 0.193. The minimum atomic E-state index is 0. The summed E-state index contributed by atoms with van der Waals surface area (Å²) in [5.74, 6) is 1.91. The second-order valence-corrected chi connectivity index (χ2v) is 7.05. The number of guanidine groups is 1. The number of aromatic nitrogens is 4. The molecule has 0 aliphatic rings. The summed E-state index contributed by atoms with van der Waals surface area (Å²) in [6.45, 7) is 8.89. The van der Waals surface area contributed by atoms with Gasteiger partial charge in [-0.2, -0.15) is 5.10 Å². The van der Waals surface area contributed by atoms with Gasteiger partial charge in [0.15, 0.2) is 5.96 Å². The summed E-state index contributed by atoms with van der Waals surface area (Å²) in [6.07, 6.45) is 9.75. The molecular weight excluding hydrogens is 489 g/mol. The predicted octanol–water partition coefficient (Wildman–Crippen LogP) is 4.09. The lowest BCUT2D eigenvalue weighted by atomic mass is 10.1. The molecule has 3 rings (SSSR count). The number of unbranched alkanes of at least 4 members (excludes halogenated alkanes) is 1. The highest BCUT2D eigenvalue weighted by Crippen LogP contribution is 2.16. The number of hydrogen-bond acceptors (Lipinski definition) is 3. The molecule has 0 saturated heterocycles. The molecule has 2 aromatic heterocycles. The second kappa shape index (κ2) is 12.4. The van der Waals surface area contributed by atoms with Gasteiger partial charge in [-0.3, -0.25) is 4.99 Å². The van der Waals surface area contributed by atoms with E-state index in [9.17, 15) is 0 Å². The molecule has 0 spiro atoms. The minimum Gasteiger partial charge on any atom is -0.357 e. The van der Waals surface area contributed by atoms with Crippen molar-refractivity contribution in [3.8, 4) is 5.69 Å². The fourth-order valence-electron chi connectivity index (χ4n) is 3.19. The number of rotatable bonds is 9. The number of benzene rings is 1. The molecule has 2 N–H and O–H groups in total. The van der Waals surface area contributed by atoms with Gasteiger partial charge in [-0.15, -0.1) is 24.0 Å². The Morgan fingerprint density at radius 1 is 1.17 bits per heavy atom. The first-order chi connectivity index (χ1) is 14.2. The number of halogens is 1. The van der Waals surface area contributed by atoms with Crippen LogP contribution in [0.2, 0.25) is 0 Å². The van der Waals surface area contributed by atoms with Crippen molar-refractivity contribution in [2.24, 2.45) is 4.99 Å². The Morgan fingerprint density at radius 2 is 2.03 bits per heavy atom. The van der Waals surface area contributed by atoms with Gasteiger partial charge in [0.2, 0.25) is 0 Å². The van der Waals surface area contributed by atoms with Gasteiger partial charge in [-0.25, -0.2) is 9.67 Å². The summed E-state index contributed by atoms with van der Waals surface area (Å²) < 4.78 is 4.05. The highest BCUT2D eigenvalue weighted by Gasteiger charge is 2.09. The van der Waals surface area contributed by atoms with Crippen LogP contribution in [0.25, 0.3) is 5.69 Å². The number of aliphatic imine (C=N–C) groups is 1. The molecule has 8 heteroatoms. The van der Waals surface area contributed by atoms with Gasteiger partial charge in [0.25, 0.3) is 0 Å². The number of hydrogen-bond donors (Lipinski definition) is 2. The fourth-order valence-corrected chi connectivity index (χ4v) is 3.19. The first-order valence-corrected chi connectivity index (χ1v) is 10.3. The summed E-state index contributed by atoms with van der Waals surface area (Å²) in [7, 11) is 0. The highest BCUT2D eigenvalue weighted by molar-refractivity contribution is 14.0. The van der Waals surface area contributed by atoms with E-state index in [0.29, 0.717) is 0 Å². The zero-order valence-corrected chi connectivity index (χ0v) is 20.3. The molecule has 2 heterocycles. The summed E-state index contributed by atoms with van der Waals surface area (Å²) in [5.41, 5.74) is 2.25. The largest absolute Gasteiger partial charge is 0.357 e. The third-order valence-electron chi connectivity index (χ3n) is 4.84. The average molecular weight is 521 g/mol. The maximum atomic E-state index is 4.74. The lowest BCUT2D eigenvalue weighted by molar-refractivity contribution is 0.599. The van der Waals surface area contributed by atoms with Gasteiger partial charge >= 0.3 is 0 Å². The van der Waals surface area contributed by atoms with Crippen LogP contribution in [0.3, 0.4) is 0 Å².